The number of rotatable bonds is 4. The van der Waals surface area contributed by atoms with Gasteiger partial charge < -0.3 is 16.4 Å². The van der Waals surface area contributed by atoms with E-state index in [9.17, 15) is 9.59 Å². The second-order valence-corrected chi connectivity index (χ2v) is 5.26. The van der Waals surface area contributed by atoms with E-state index in [1.807, 2.05) is 30.3 Å². The Kier molecular flexibility index (Phi) is 4.26. The van der Waals surface area contributed by atoms with Crippen molar-refractivity contribution in [3.63, 3.8) is 0 Å². The number of anilines is 2. The van der Waals surface area contributed by atoms with Gasteiger partial charge in [0.25, 0.3) is 5.91 Å². The Morgan fingerprint density at radius 2 is 1.83 bits per heavy atom. The number of hydrogen-bond donors (Lipinski definition) is 3. The number of benzene rings is 1. The molecule has 0 aliphatic heterocycles. The lowest BCUT2D eigenvalue weighted by Gasteiger charge is -2.08. The van der Waals surface area contributed by atoms with Crippen LogP contribution in [-0.2, 0) is 4.79 Å². The minimum atomic E-state index is -0.304. The van der Waals surface area contributed by atoms with E-state index in [0.29, 0.717) is 28.4 Å². The number of aryl methyl sites for hydroxylation is 1. The van der Waals surface area contributed by atoms with Gasteiger partial charge >= 0.3 is 0 Å². The summed E-state index contributed by atoms with van der Waals surface area (Å²) < 4.78 is 1.65. The second kappa shape index (κ2) is 6.51. The normalized spacial score (nSPS) is 10.6. The molecule has 0 aliphatic carbocycles. The number of nitrogens with two attached hydrogens (primary N) is 1. The molecule has 0 saturated carbocycles. The van der Waals surface area contributed by atoms with Crippen LogP contribution in [0.2, 0.25) is 0 Å². The first kappa shape index (κ1) is 15.7. The van der Waals surface area contributed by atoms with Gasteiger partial charge in [0.15, 0.2) is 0 Å². The van der Waals surface area contributed by atoms with E-state index in [-0.39, 0.29) is 18.4 Å². The van der Waals surface area contributed by atoms with Crippen LogP contribution in [0.15, 0.2) is 48.7 Å². The van der Waals surface area contributed by atoms with E-state index in [1.54, 1.807) is 29.7 Å². The Hall–Kier alpha value is -3.19. The zero-order valence-electron chi connectivity index (χ0n) is 13.1. The SMILES string of the molecule is Cc1nc2ccc(NC(=O)CN)cn2c1C(=O)Nc1ccccc1. The van der Waals surface area contributed by atoms with Gasteiger partial charge in [-0.05, 0) is 31.2 Å². The van der Waals surface area contributed by atoms with Gasteiger partial charge in [-0.15, -0.1) is 0 Å². The minimum absolute atomic E-state index is 0.109. The van der Waals surface area contributed by atoms with Crippen molar-refractivity contribution in [3.8, 4) is 0 Å². The zero-order chi connectivity index (χ0) is 17.1. The number of pyridine rings is 1. The van der Waals surface area contributed by atoms with Crippen molar-refractivity contribution in [1.29, 1.82) is 0 Å². The van der Waals surface area contributed by atoms with Crippen LogP contribution in [0.4, 0.5) is 11.4 Å². The fourth-order valence-electron chi connectivity index (χ4n) is 2.43. The number of fused-ring (bicyclic) bond motifs is 1. The van der Waals surface area contributed by atoms with Gasteiger partial charge in [-0.3, -0.25) is 14.0 Å². The Bertz CT molecular complexity index is 902. The summed E-state index contributed by atoms with van der Waals surface area (Å²) in [5.41, 5.74) is 8.19. The molecular weight excluding hydrogens is 306 g/mol. The third kappa shape index (κ3) is 3.11. The highest BCUT2D eigenvalue weighted by atomic mass is 16.2. The zero-order valence-corrected chi connectivity index (χ0v) is 13.1. The first-order valence-corrected chi connectivity index (χ1v) is 7.43. The fourth-order valence-corrected chi connectivity index (χ4v) is 2.43. The lowest BCUT2D eigenvalue weighted by Crippen LogP contribution is -2.22. The van der Waals surface area contributed by atoms with Crippen molar-refractivity contribution in [1.82, 2.24) is 9.38 Å². The molecule has 0 saturated heterocycles. The number of carbonyl (C=O) groups excluding carboxylic acids is 2. The third-order valence-electron chi connectivity index (χ3n) is 3.51. The largest absolute Gasteiger partial charge is 0.324 e. The number of aromatic nitrogens is 2. The Labute approximate surface area is 138 Å². The fraction of sp³-hybridized carbons (Fsp3) is 0.118. The number of imidazole rings is 1. The third-order valence-corrected chi connectivity index (χ3v) is 3.51. The van der Waals surface area contributed by atoms with E-state index in [0.717, 1.165) is 0 Å². The minimum Gasteiger partial charge on any atom is -0.324 e. The summed E-state index contributed by atoms with van der Waals surface area (Å²) in [5.74, 6) is -0.574. The summed E-state index contributed by atoms with van der Waals surface area (Å²) >= 11 is 0. The summed E-state index contributed by atoms with van der Waals surface area (Å²) in [7, 11) is 0. The van der Waals surface area contributed by atoms with Crippen LogP contribution in [0.5, 0.6) is 0 Å². The van der Waals surface area contributed by atoms with Crippen LogP contribution in [0.25, 0.3) is 5.65 Å². The number of amides is 2. The van der Waals surface area contributed by atoms with Crippen molar-refractivity contribution in [2.75, 3.05) is 17.2 Å². The summed E-state index contributed by atoms with van der Waals surface area (Å²) in [6, 6.07) is 12.6. The Balaban J connectivity index is 1.97. The van der Waals surface area contributed by atoms with Crippen molar-refractivity contribution < 1.29 is 9.59 Å². The molecule has 2 aromatic heterocycles. The smallest absolute Gasteiger partial charge is 0.274 e. The topological polar surface area (TPSA) is 102 Å². The molecule has 2 amide bonds. The molecule has 0 unspecified atom stereocenters. The number of nitrogens with one attached hydrogen (secondary N) is 2. The monoisotopic (exact) mass is 323 g/mol. The molecule has 3 rings (SSSR count). The van der Waals surface area contributed by atoms with E-state index in [2.05, 4.69) is 15.6 Å². The first-order chi connectivity index (χ1) is 11.6. The van der Waals surface area contributed by atoms with Crippen molar-refractivity contribution in [3.05, 3.63) is 60.0 Å². The lowest BCUT2D eigenvalue weighted by molar-refractivity contribution is -0.114. The summed E-state index contributed by atoms with van der Waals surface area (Å²) in [6.07, 6.45) is 1.66. The first-order valence-electron chi connectivity index (χ1n) is 7.43. The molecule has 0 radical (unpaired) electrons. The van der Waals surface area contributed by atoms with E-state index >= 15 is 0 Å². The predicted molar refractivity (Wildman–Crippen MR) is 92.0 cm³/mol. The van der Waals surface area contributed by atoms with Crippen molar-refractivity contribution in [2.45, 2.75) is 6.92 Å². The maximum Gasteiger partial charge on any atom is 0.274 e. The van der Waals surface area contributed by atoms with Crippen molar-refractivity contribution in [2.24, 2.45) is 5.73 Å². The molecule has 122 valence electrons. The molecule has 0 fully saturated rings. The summed E-state index contributed by atoms with van der Waals surface area (Å²) in [5, 5.41) is 5.51. The Morgan fingerprint density at radius 1 is 1.08 bits per heavy atom. The molecule has 2 heterocycles. The number of carbonyl (C=O) groups is 2. The highest BCUT2D eigenvalue weighted by molar-refractivity contribution is 6.04. The van der Waals surface area contributed by atoms with Gasteiger partial charge in [-0.2, -0.15) is 0 Å². The maximum absolute atomic E-state index is 12.6. The molecular formula is C17H17N5O2. The average molecular weight is 323 g/mol. The van der Waals surface area contributed by atoms with Crippen molar-refractivity contribution >= 4 is 28.8 Å². The summed E-state index contributed by atoms with van der Waals surface area (Å²) in [4.78, 5) is 28.4. The van der Waals surface area contributed by atoms with Gasteiger partial charge in [-0.1, -0.05) is 18.2 Å². The molecule has 4 N–H and O–H groups in total. The van der Waals surface area contributed by atoms with Crippen LogP contribution in [0, 0.1) is 6.92 Å². The van der Waals surface area contributed by atoms with Crippen LogP contribution in [-0.4, -0.2) is 27.7 Å². The molecule has 7 nitrogen and oxygen atoms in total. The van der Waals surface area contributed by atoms with Crippen LogP contribution >= 0.6 is 0 Å². The molecule has 0 spiro atoms. The molecule has 1 aromatic carbocycles. The number of para-hydroxylation sites is 1. The summed E-state index contributed by atoms with van der Waals surface area (Å²) in [6.45, 7) is 1.66. The standard InChI is InChI=1S/C17H17N5O2/c1-11-16(17(24)21-12-5-3-2-4-6-12)22-10-13(20-15(23)9-18)7-8-14(22)19-11/h2-8,10H,9,18H2,1H3,(H,20,23)(H,21,24). The lowest BCUT2D eigenvalue weighted by atomic mass is 10.3. The quantitative estimate of drug-likeness (QED) is 0.681. The van der Waals surface area contributed by atoms with E-state index < -0.39 is 0 Å². The van der Waals surface area contributed by atoms with Gasteiger partial charge in [0.05, 0.1) is 17.9 Å². The molecule has 24 heavy (non-hydrogen) atoms. The van der Waals surface area contributed by atoms with Crippen LogP contribution < -0.4 is 16.4 Å². The van der Waals surface area contributed by atoms with Gasteiger partial charge in [0.2, 0.25) is 5.91 Å². The average Bonchev–Trinajstić information content (AvgIpc) is 2.90. The van der Waals surface area contributed by atoms with E-state index in [4.69, 9.17) is 5.73 Å². The molecule has 0 aliphatic rings. The Morgan fingerprint density at radius 3 is 2.54 bits per heavy atom. The highest BCUT2D eigenvalue weighted by Gasteiger charge is 2.17. The molecule has 0 atom stereocenters. The second-order valence-electron chi connectivity index (χ2n) is 5.26. The number of hydrogen-bond acceptors (Lipinski definition) is 4. The molecule has 3 aromatic rings. The van der Waals surface area contributed by atoms with Crippen LogP contribution in [0.1, 0.15) is 16.2 Å². The highest BCUT2D eigenvalue weighted by Crippen LogP contribution is 2.18. The number of nitrogens with zero attached hydrogens (tertiary/aromatic N) is 2. The van der Waals surface area contributed by atoms with Gasteiger partial charge in [0.1, 0.15) is 11.3 Å². The van der Waals surface area contributed by atoms with Gasteiger partial charge in [0, 0.05) is 11.9 Å². The maximum atomic E-state index is 12.6. The van der Waals surface area contributed by atoms with Crippen LogP contribution in [0.3, 0.4) is 0 Å². The van der Waals surface area contributed by atoms with E-state index in [1.165, 1.54) is 0 Å². The predicted octanol–water partition coefficient (Wildman–Crippen LogP) is 1.79. The molecule has 7 heteroatoms. The molecule has 0 bridgehead atoms. The van der Waals surface area contributed by atoms with Gasteiger partial charge in [-0.25, -0.2) is 4.98 Å².